The van der Waals surface area contributed by atoms with Crippen LogP contribution in [0.1, 0.15) is 16.7 Å². The number of ether oxygens (including phenoxy) is 3. The summed E-state index contributed by atoms with van der Waals surface area (Å²) in [6, 6.07) is 23.8. The van der Waals surface area contributed by atoms with Gasteiger partial charge in [-0.2, -0.15) is 0 Å². The molecule has 0 aromatic heterocycles. The van der Waals surface area contributed by atoms with Crippen LogP contribution < -0.4 is 14.2 Å². The van der Waals surface area contributed by atoms with Gasteiger partial charge in [-0.3, -0.25) is 0 Å². The molecule has 0 aliphatic carbocycles. The highest BCUT2D eigenvalue weighted by atomic mass is 16.5. The minimum absolute atomic E-state index is 0.285. The van der Waals surface area contributed by atoms with Gasteiger partial charge in [-0.25, -0.2) is 0 Å². The van der Waals surface area contributed by atoms with Crippen molar-refractivity contribution >= 4 is 0 Å². The van der Waals surface area contributed by atoms with Crippen molar-refractivity contribution in [3.05, 3.63) is 89.5 Å². The summed E-state index contributed by atoms with van der Waals surface area (Å²) in [6.07, 6.45) is -0.00836. The van der Waals surface area contributed by atoms with Gasteiger partial charge in [-0.15, -0.1) is 0 Å². The van der Waals surface area contributed by atoms with Crippen molar-refractivity contribution in [2.45, 2.75) is 25.7 Å². The molecule has 0 spiro atoms. The molecular weight excluding hydrogens is 340 g/mol. The van der Waals surface area contributed by atoms with Gasteiger partial charge in [0.2, 0.25) is 0 Å². The lowest BCUT2D eigenvalue weighted by molar-refractivity contribution is 0.0898. The molecule has 0 radical (unpaired) electrons. The molecule has 4 nitrogen and oxygen atoms in total. The zero-order valence-corrected chi connectivity index (χ0v) is 15.0. The molecule has 1 heterocycles. The number of hydrogen-bond donors (Lipinski definition) is 1. The average molecular weight is 362 g/mol. The van der Waals surface area contributed by atoms with Crippen LogP contribution in [0.4, 0.5) is 0 Å². The number of aliphatic hydroxyl groups is 1. The van der Waals surface area contributed by atoms with Crippen LogP contribution in [0.2, 0.25) is 0 Å². The van der Waals surface area contributed by atoms with E-state index in [2.05, 4.69) is 0 Å². The lowest BCUT2D eigenvalue weighted by Crippen LogP contribution is -2.26. The molecule has 3 aromatic carbocycles. The van der Waals surface area contributed by atoms with Gasteiger partial charge in [0, 0.05) is 24.1 Å². The van der Waals surface area contributed by atoms with Crippen molar-refractivity contribution in [3.8, 4) is 17.2 Å². The molecule has 27 heavy (non-hydrogen) atoms. The fraction of sp³-hybridized carbons (Fsp3) is 0.217. The summed E-state index contributed by atoms with van der Waals surface area (Å²) >= 11 is 0. The Bertz CT molecular complexity index is 878. The number of rotatable bonds is 6. The number of benzene rings is 3. The summed E-state index contributed by atoms with van der Waals surface area (Å²) in [5, 5.41) is 9.98. The van der Waals surface area contributed by atoms with E-state index in [0.717, 1.165) is 16.7 Å². The molecular formula is C23H22O4. The molecule has 0 bridgehead atoms. The van der Waals surface area contributed by atoms with E-state index in [0.29, 0.717) is 36.9 Å². The third kappa shape index (κ3) is 4.41. The first-order chi connectivity index (χ1) is 13.3. The van der Waals surface area contributed by atoms with Crippen LogP contribution in [-0.2, 0) is 19.6 Å². The molecule has 4 heteroatoms. The zero-order valence-electron chi connectivity index (χ0n) is 15.0. The van der Waals surface area contributed by atoms with Crippen LogP contribution in [-0.4, -0.2) is 17.8 Å². The third-order valence-corrected chi connectivity index (χ3v) is 4.50. The maximum absolute atomic E-state index is 9.98. The van der Waals surface area contributed by atoms with Crippen molar-refractivity contribution in [2.75, 3.05) is 6.61 Å². The summed E-state index contributed by atoms with van der Waals surface area (Å²) in [5.41, 5.74) is 3.06. The Kier molecular flexibility index (Phi) is 5.26. The number of aliphatic hydroxyl groups excluding tert-OH is 1. The van der Waals surface area contributed by atoms with E-state index in [1.54, 1.807) is 0 Å². The maximum atomic E-state index is 9.98. The predicted octanol–water partition coefficient (Wildman–Crippen LogP) is 4.14. The van der Waals surface area contributed by atoms with Gasteiger partial charge in [0.1, 0.15) is 37.1 Å². The standard InChI is InChI=1S/C23H22O4/c24-19-11-21-22(26-15-18-9-5-2-6-10-18)12-20(13-23(21)27-16-19)25-14-17-7-3-1-4-8-17/h1-10,12-13,19,24H,11,14-16H2/t19-/m1/s1. The van der Waals surface area contributed by atoms with Gasteiger partial charge in [-0.05, 0) is 11.1 Å². The van der Waals surface area contributed by atoms with Gasteiger partial charge in [0.05, 0.1) is 6.10 Å². The highest BCUT2D eigenvalue weighted by Crippen LogP contribution is 2.38. The lowest BCUT2D eigenvalue weighted by atomic mass is 10.0. The fourth-order valence-electron chi connectivity index (χ4n) is 3.09. The largest absolute Gasteiger partial charge is 0.490 e. The van der Waals surface area contributed by atoms with Gasteiger partial charge in [0.15, 0.2) is 0 Å². The van der Waals surface area contributed by atoms with Crippen LogP contribution >= 0.6 is 0 Å². The van der Waals surface area contributed by atoms with Gasteiger partial charge >= 0.3 is 0 Å². The van der Waals surface area contributed by atoms with Crippen molar-refractivity contribution in [2.24, 2.45) is 0 Å². The minimum Gasteiger partial charge on any atom is -0.490 e. The normalized spacial score (nSPS) is 15.5. The van der Waals surface area contributed by atoms with Gasteiger partial charge in [0.25, 0.3) is 0 Å². The fourth-order valence-corrected chi connectivity index (χ4v) is 3.09. The smallest absolute Gasteiger partial charge is 0.130 e. The van der Waals surface area contributed by atoms with Gasteiger partial charge < -0.3 is 19.3 Å². The minimum atomic E-state index is -0.521. The SMILES string of the molecule is O[C@H]1COc2cc(OCc3ccccc3)cc(OCc3ccccc3)c2C1. The van der Waals surface area contributed by atoms with E-state index in [1.165, 1.54) is 0 Å². The van der Waals surface area contributed by atoms with Crippen molar-refractivity contribution < 1.29 is 19.3 Å². The van der Waals surface area contributed by atoms with Crippen molar-refractivity contribution in [1.29, 1.82) is 0 Å². The van der Waals surface area contributed by atoms with Crippen molar-refractivity contribution in [3.63, 3.8) is 0 Å². The molecule has 0 fully saturated rings. The molecule has 1 aliphatic heterocycles. The Labute approximate surface area is 158 Å². The molecule has 1 N–H and O–H groups in total. The summed E-state index contributed by atoms with van der Waals surface area (Å²) in [4.78, 5) is 0. The molecule has 3 aromatic rings. The second-order valence-corrected chi connectivity index (χ2v) is 6.62. The molecule has 138 valence electrons. The highest BCUT2D eigenvalue weighted by Gasteiger charge is 2.23. The molecule has 0 saturated heterocycles. The lowest BCUT2D eigenvalue weighted by Gasteiger charge is -2.25. The molecule has 1 atom stereocenters. The van der Waals surface area contributed by atoms with Crippen LogP contribution in [0, 0.1) is 0 Å². The van der Waals surface area contributed by atoms with Crippen LogP contribution in [0.25, 0.3) is 0 Å². The average Bonchev–Trinajstić information content (AvgIpc) is 2.72. The van der Waals surface area contributed by atoms with E-state index in [9.17, 15) is 5.11 Å². The van der Waals surface area contributed by atoms with Crippen LogP contribution in [0.3, 0.4) is 0 Å². The number of hydrogen-bond acceptors (Lipinski definition) is 4. The maximum Gasteiger partial charge on any atom is 0.130 e. The van der Waals surface area contributed by atoms with Gasteiger partial charge in [-0.1, -0.05) is 60.7 Å². The Hall–Kier alpha value is -2.98. The van der Waals surface area contributed by atoms with E-state index < -0.39 is 6.10 Å². The quantitative estimate of drug-likeness (QED) is 0.716. The Morgan fingerprint density at radius 3 is 2.15 bits per heavy atom. The Morgan fingerprint density at radius 2 is 1.48 bits per heavy atom. The first-order valence-electron chi connectivity index (χ1n) is 9.09. The van der Waals surface area contributed by atoms with E-state index in [1.807, 2.05) is 72.8 Å². The Morgan fingerprint density at radius 1 is 0.852 bits per heavy atom. The van der Waals surface area contributed by atoms with Crippen molar-refractivity contribution in [1.82, 2.24) is 0 Å². The molecule has 0 unspecified atom stereocenters. The van der Waals surface area contributed by atoms with Crippen LogP contribution in [0.5, 0.6) is 17.2 Å². The van der Waals surface area contributed by atoms with E-state index >= 15 is 0 Å². The monoisotopic (exact) mass is 362 g/mol. The summed E-state index contributed by atoms with van der Waals surface area (Å²) in [5.74, 6) is 2.10. The van der Waals surface area contributed by atoms with Crippen LogP contribution in [0.15, 0.2) is 72.8 Å². The molecule has 0 saturated carbocycles. The highest BCUT2D eigenvalue weighted by molar-refractivity contribution is 5.52. The predicted molar refractivity (Wildman–Crippen MR) is 103 cm³/mol. The second-order valence-electron chi connectivity index (χ2n) is 6.62. The number of fused-ring (bicyclic) bond motifs is 1. The molecule has 4 rings (SSSR count). The zero-order chi connectivity index (χ0) is 18.5. The molecule has 0 amide bonds. The van der Waals surface area contributed by atoms with E-state index in [4.69, 9.17) is 14.2 Å². The van der Waals surface area contributed by atoms with E-state index in [-0.39, 0.29) is 6.61 Å². The second kappa shape index (κ2) is 8.14. The Balaban J connectivity index is 1.55. The summed E-state index contributed by atoms with van der Waals surface area (Å²) in [6.45, 7) is 1.21. The topological polar surface area (TPSA) is 47.9 Å². The molecule has 1 aliphatic rings. The first-order valence-corrected chi connectivity index (χ1v) is 9.09. The summed E-state index contributed by atoms with van der Waals surface area (Å²) in [7, 11) is 0. The summed E-state index contributed by atoms with van der Waals surface area (Å²) < 4.78 is 17.7. The third-order valence-electron chi connectivity index (χ3n) is 4.50. The first kappa shape index (κ1) is 17.4.